The Labute approximate surface area is 188 Å². The maximum Gasteiger partial charge on any atom is 0.269 e. The van der Waals surface area contributed by atoms with Crippen LogP contribution in [0.2, 0.25) is 0 Å². The van der Waals surface area contributed by atoms with Gasteiger partial charge in [0.25, 0.3) is 5.69 Å². The van der Waals surface area contributed by atoms with Gasteiger partial charge in [-0.2, -0.15) is 0 Å². The fourth-order valence-corrected chi connectivity index (χ4v) is 4.30. The minimum Gasteiger partial charge on any atom is -0.457 e. The second kappa shape index (κ2) is 10.4. The molecule has 3 aromatic rings. The summed E-state index contributed by atoms with van der Waals surface area (Å²) in [5, 5.41) is 11.0. The highest BCUT2D eigenvalue weighted by Crippen LogP contribution is 2.28. The number of ether oxygens (including phenoxy) is 1. The lowest BCUT2D eigenvalue weighted by molar-refractivity contribution is -0.384. The van der Waals surface area contributed by atoms with Gasteiger partial charge in [0.1, 0.15) is 11.5 Å². The molecule has 1 fully saturated rings. The van der Waals surface area contributed by atoms with Gasteiger partial charge in [0.2, 0.25) is 0 Å². The molecule has 32 heavy (non-hydrogen) atoms. The van der Waals surface area contributed by atoms with Crippen molar-refractivity contribution in [3.63, 3.8) is 0 Å². The Morgan fingerprint density at radius 3 is 2.19 bits per heavy atom. The molecule has 1 aliphatic rings. The Morgan fingerprint density at radius 2 is 1.50 bits per heavy atom. The van der Waals surface area contributed by atoms with Gasteiger partial charge in [0.05, 0.1) is 4.92 Å². The Balaban J connectivity index is 1.51. The second-order valence-electron chi connectivity index (χ2n) is 8.46. The van der Waals surface area contributed by atoms with Gasteiger partial charge in [0.15, 0.2) is 0 Å². The number of hydrogen-bond acceptors (Lipinski definition) is 5. The van der Waals surface area contributed by atoms with E-state index in [0.29, 0.717) is 6.04 Å². The average Bonchev–Trinajstić information content (AvgIpc) is 2.80. The van der Waals surface area contributed by atoms with Gasteiger partial charge < -0.3 is 10.5 Å². The number of nitrogens with two attached hydrogens (primary N) is 1. The first-order valence-electron chi connectivity index (χ1n) is 11.1. The number of nitrogens with zero attached hydrogens (tertiary/aromatic N) is 2. The van der Waals surface area contributed by atoms with Crippen molar-refractivity contribution in [1.82, 2.24) is 4.90 Å². The van der Waals surface area contributed by atoms with E-state index in [1.165, 1.54) is 5.56 Å². The van der Waals surface area contributed by atoms with Crippen LogP contribution in [-0.4, -0.2) is 21.9 Å². The molecule has 0 saturated heterocycles. The number of para-hydroxylation sites is 1. The van der Waals surface area contributed by atoms with Crippen LogP contribution in [0.5, 0.6) is 11.5 Å². The third kappa shape index (κ3) is 5.93. The molecule has 0 radical (unpaired) electrons. The lowest BCUT2D eigenvalue weighted by Gasteiger charge is -2.36. The van der Waals surface area contributed by atoms with Crippen molar-refractivity contribution in [2.24, 2.45) is 5.73 Å². The van der Waals surface area contributed by atoms with Crippen LogP contribution in [0.4, 0.5) is 5.69 Å². The van der Waals surface area contributed by atoms with Crippen molar-refractivity contribution < 1.29 is 9.66 Å². The Hall–Kier alpha value is -3.22. The molecule has 1 aliphatic carbocycles. The molecule has 6 nitrogen and oxygen atoms in total. The van der Waals surface area contributed by atoms with Gasteiger partial charge in [-0.15, -0.1) is 0 Å². The summed E-state index contributed by atoms with van der Waals surface area (Å²) < 4.78 is 6.02. The second-order valence-corrected chi connectivity index (χ2v) is 8.46. The lowest BCUT2D eigenvalue weighted by atomic mass is 9.90. The summed E-state index contributed by atoms with van der Waals surface area (Å²) in [5.41, 5.74) is 8.51. The van der Waals surface area contributed by atoms with Gasteiger partial charge in [-0.3, -0.25) is 15.0 Å². The molecule has 1 saturated carbocycles. The molecule has 0 atom stereocenters. The smallest absolute Gasteiger partial charge is 0.269 e. The topological polar surface area (TPSA) is 81.6 Å². The number of rotatable bonds is 8. The summed E-state index contributed by atoms with van der Waals surface area (Å²) >= 11 is 0. The molecule has 2 N–H and O–H groups in total. The van der Waals surface area contributed by atoms with Crippen molar-refractivity contribution in [2.75, 3.05) is 0 Å². The fraction of sp³-hybridized carbons (Fsp3) is 0.308. The minimum absolute atomic E-state index is 0.120. The predicted octanol–water partition coefficient (Wildman–Crippen LogP) is 5.66. The fourth-order valence-electron chi connectivity index (χ4n) is 4.30. The summed E-state index contributed by atoms with van der Waals surface area (Å²) in [6, 6.07) is 25.6. The van der Waals surface area contributed by atoms with E-state index in [9.17, 15) is 10.1 Å². The molecule has 0 aliphatic heterocycles. The van der Waals surface area contributed by atoms with E-state index in [1.54, 1.807) is 12.1 Å². The lowest BCUT2D eigenvalue weighted by Crippen LogP contribution is -2.40. The van der Waals surface area contributed by atoms with Crippen molar-refractivity contribution in [3.8, 4) is 11.5 Å². The van der Waals surface area contributed by atoms with E-state index in [-0.39, 0.29) is 16.7 Å². The highest BCUT2D eigenvalue weighted by atomic mass is 16.6. The number of nitro groups is 1. The Kier molecular flexibility index (Phi) is 7.14. The molecule has 0 bridgehead atoms. The van der Waals surface area contributed by atoms with Crippen LogP contribution in [0.15, 0.2) is 78.9 Å². The van der Waals surface area contributed by atoms with Crippen LogP contribution in [0, 0.1) is 10.1 Å². The average molecular weight is 432 g/mol. The standard InChI is InChI=1S/C26H29N3O3/c27-22-11-15-23(16-12-22)28(18-20-9-13-24(14-10-20)29(30)31)19-21-5-4-8-26(17-21)32-25-6-2-1-3-7-25/h1-10,13-14,17,22-23H,11-12,15-16,18-19,27H2. The van der Waals surface area contributed by atoms with E-state index >= 15 is 0 Å². The van der Waals surface area contributed by atoms with Crippen LogP contribution in [-0.2, 0) is 13.1 Å². The van der Waals surface area contributed by atoms with Crippen LogP contribution in [0.3, 0.4) is 0 Å². The first-order valence-corrected chi connectivity index (χ1v) is 11.1. The molecule has 166 valence electrons. The zero-order valence-corrected chi connectivity index (χ0v) is 18.1. The van der Waals surface area contributed by atoms with Gasteiger partial charge in [-0.1, -0.05) is 42.5 Å². The Bertz CT molecular complexity index is 1020. The summed E-state index contributed by atoms with van der Waals surface area (Å²) in [7, 11) is 0. The quantitative estimate of drug-likeness (QED) is 0.368. The minimum atomic E-state index is -0.359. The third-order valence-corrected chi connectivity index (χ3v) is 6.05. The molecular formula is C26H29N3O3. The first-order chi connectivity index (χ1) is 15.6. The van der Waals surface area contributed by atoms with Crippen molar-refractivity contribution in [1.29, 1.82) is 0 Å². The zero-order valence-electron chi connectivity index (χ0n) is 18.1. The number of nitro benzene ring substituents is 1. The number of non-ortho nitro benzene ring substituents is 1. The zero-order chi connectivity index (χ0) is 22.3. The highest BCUT2D eigenvalue weighted by Gasteiger charge is 2.25. The molecule has 0 unspecified atom stereocenters. The SMILES string of the molecule is NC1CCC(N(Cc2ccc([N+](=O)[O-])cc2)Cc2cccc(Oc3ccccc3)c2)CC1. The normalized spacial score (nSPS) is 18.4. The molecule has 0 amide bonds. The number of hydrogen-bond donors (Lipinski definition) is 1. The van der Waals surface area contributed by atoms with Crippen LogP contribution >= 0.6 is 0 Å². The maximum absolute atomic E-state index is 11.0. The first kappa shape index (κ1) is 22.0. The molecule has 4 rings (SSSR count). The monoisotopic (exact) mass is 431 g/mol. The van der Waals surface area contributed by atoms with Crippen molar-refractivity contribution >= 4 is 5.69 Å². The van der Waals surface area contributed by atoms with Gasteiger partial charge >= 0.3 is 0 Å². The number of benzene rings is 3. The highest BCUT2D eigenvalue weighted by molar-refractivity contribution is 5.35. The van der Waals surface area contributed by atoms with Crippen LogP contribution in [0.1, 0.15) is 36.8 Å². The molecule has 0 aromatic heterocycles. The summed E-state index contributed by atoms with van der Waals surface area (Å²) in [4.78, 5) is 13.1. The molecule has 0 heterocycles. The predicted molar refractivity (Wildman–Crippen MR) is 126 cm³/mol. The van der Waals surface area contributed by atoms with E-state index in [4.69, 9.17) is 10.5 Å². The molecular weight excluding hydrogens is 402 g/mol. The van der Waals surface area contributed by atoms with Gasteiger partial charge in [-0.25, -0.2) is 0 Å². The summed E-state index contributed by atoms with van der Waals surface area (Å²) in [5.74, 6) is 1.63. The van der Waals surface area contributed by atoms with Gasteiger partial charge in [0, 0.05) is 37.3 Å². The maximum atomic E-state index is 11.0. The summed E-state index contributed by atoms with van der Waals surface area (Å²) in [6.45, 7) is 1.52. The Morgan fingerprint density at radius 1 is 0.844 bits per heavy atom. The van der Waals surface area contributed by atoms with E-state index in [0.717, 1.165) is 55.8 Å². The molecule has 6 heteroatoms. The molecule has 0 spiro atoms. The summed E-state index contributed by atoms with van der Waals surface area (Å²) in [6.07, 6.45) is 4.18. The van der Waals surface area contributed by atoms with E-state index < -0.39 is 0 Å². The van der Waals surface area contributed by atoms with Crippen molar-refractivity contribution in [3.05, 3.63) is 100 Å². The van der Waals surface area contributed by atoms with Crippen LogP contribution in [0.25, 0.3) is 0 Å². The molecule has 3 aromatic carbocycles. The third-order valence-electron chi connectivity index (χ3n) is 6.05. The van der Waals surface area contributed by atoms with Gasteiger partial charge in [-0.05, 0) is 61.1 Å². The largest absolute Gasteiger partial charge is 0.457 e. The van der Waals surface area contributed by atoms with Crippen LogP contribution < -0.4 is 10.5 Å². The van der Waals surface area contributed by atoms with E-state index in [2.05, 4.69) is 17.0 Å². The van der Waals surface area contributed by atoms with Crippen molar-refractivity contribution in [2.45, 2.75) is 50.9 Å². The van der Waals surface area contributed by atoms with E-state index in [1.807, 2.05) is 54.6 Å².